The monoisotopic (exact) mass is 420 g/mol. The van der Waals surface area contributed by atoms with E-state index >= 15 is 0 Å². The maximum absolute atomic E-state index is 12.4. The van der Waals surface area contributed by atoms with Crippen molar-refractivity contribution < 1.29 is 23.8 Å². The highest BCUT2D eigenvalue weighted by molar-refractivity contribution is 6.31. The molecule has 0 aromatic heterocycles. The Hall–Kier alpha value is -2.93. The van der Waals surface area contributed by atoms with Crippen LogP contribution in [0, 0.1) is 0 Å². The molecule has 0 aliphatic rings. The third kappa shape index (κ3) is 6.57. The van der Waals surface area contributed by atoms with Gasteiger partial charge in [0, 0.05) is 11.6 Å². The average molecular weight is 421 g/mol. The number of carbonyl (C=O) groups is 2. The fraction of sp³-hybridized carbons (Fsp3) is 0.333. The van der Waals surface area contributed by atoms with Gasteiger partial charge in [-0.1, -0.05) is 35.9 Å². The van der Waals surface area contributed by atoms with Gasteiger partial charge in [-0.05, 0) is 35.7 Å². The fourth-order valence-electron chi connectivity index (χ4n) is 2.81. The lowest BCUT2D eigenvalue weighted by Gasteiger charge is -2.19. The number of halogens is 1. The second-order valence-corrected chi connectivity index (χ2v) is 6.60. The Balaban J connectivity index is 1.96. The van der Waals surface area contributed by atoms with Gasteiger partial charge >= 0.3 is 12.0 Å². The highest BCUT2D eigenvalue weighted by Crippen LogP contribution is 2.28. The van der Waals surface area contributed by atoms with Crippen LogP contribution in [0.5, 0.6) is 11.5 Å². The number of nitrogens with one attached hydrogen (secondary N) is 2. The molecule has 1 unspecified atom stereocenters. The van der Waals surface area contributed by atoms with Crippen molar-refractivity contribution in [3.63, 3.8) is 0 Å². The molecule has 2 aromatic rings. The zero-order valence-electron chi connectivity index (χ0n) is 16.7. The minimum absolute atomic E-state index is 0.0245. The Morgan fingerprint density at radius 3 is 2.41 bits per heavy atom. The molecule has 0 spiro atoms. The lowest BCUT2D eigenvalue weighted by Crippen LogP contribution is -2.39. The maximum atomic E-state index is 12.4. The molecule has 0 aliphatic heterocycles. The van der Waals surface area contributed by atoms with Crippen molar-refractivity contribution in [1.82, 2.24) is 10.6 Å². The fourth-order valence-corrected chi connectivity index (χ4v) is 3.08. The van der Waals surface area contributed by atoms with E-state index in [0.717, 1.165) is 5.56 Å². The van der Waals surface area contributed by atoms with E-state index in [9.17, 15) is 9.59 Å². The Morgan fingerprint density at radius 2 is 1.76 bits per heavy atom. The van der Waals surface area contributed by atoms with E-state index in [1.54, 1.807) is 38.5 Å². The van der Waals surface area contributed by atoms with Crippen LogP contribution >= 0.6 is 11.6 Å². The van der Waals surface area contributed by atoms with Crippen molar-refractivity contribution in [2.45, 2.75) is 18.9 Å². The van der Waals surface area contributed by atoms with Crippen LogP contribution in [0.3, 0.4) is 0 Å². The van der Waals surface area contributed by atoms with Crippen LogP contribution in [0.15, 0.2) is 42.5 Å². The van der Waals surface area contributed by atoms with Crippen LogP contribution in [0.1, 0.15) is 23.6 Å². The topological polar surface area (TPSA) is 85.9 Å². The van der Waals surface area contributed by atoms with E-state index < -0.39 is 18.0 Å². The standard InChI is InChI=1S/C21H25ClN2O5/c1-27-18-9-8-14(12-19(18)28-2)10-11-23-21(26)24-17(13-20(25)29-3)15-6-4-5-7-16(15)22/h4-9,12,17H,10-11,13H2,1-3H3,(H2,23,24,26). The average Bonchev–Trinajstić information content (AvgIpc) is 2.73. The molecule has 8 heteroatoms. The first kappa shape index (κ1) is 22.4. The highest BCUT2D eigenvalue weighted by Gasteiger charge is 2.21. The SMILES string of the molecule is COC(=O)CC(NC(=O)NCCc1ccc(OC)c(OC)c1)c1ccccc1Cl. The lowest BCUT2D eigenvalue weighted by molar-refractivity contribution is -0.141. The first-order chi connectivity index (χ1) is 14.0. The van der Waals surface area contributed by atoms with Crippen LogP contribution < -0.4 is 20.1 Å². The van der Waals surface area contributed by atoms with Crippen LogP contribution in [-0.4, -0.2) is 39.9 Å². The van der Waals surface area contributed by atoms with E-state index in [1.807, 2.05) is 18.2 Å². The van der Waals surface area contributed by atoms with E-state index in [-0.39, 0.29) is 6.42 Å². The Labute approximate surface area is 175 Å². The van der Waals surface area contributed by atoms with Crippen molar-refractivity contribution in [2.24, 2.45) is 0 Å². The van der Waals surface area contributed by atoms with Crippen molar-refractivity contribution in [2.75, 3.05) is 27.9 Å². The molecule has 156 valence electrons. The number of methoxy groups -OCH3 is 3. The Kier molecular flexibility index (Phi) is 8.61. The molecule has 0 fully saturated rings. The summed E-state index contributed by atoms with van der Waals surface area (Å²) in [5.74, 6) is 0.833. The molecule has 0 saturated heterocycles. The molecule has 29 heavy (non-hydrogen) atoms. The summed E-state index contributed by atoms with van der Waals surface area (Å²) in [5, 5.41) is 6.04. The molecular weight excluding hydrogens is 396 g/mol. The van der Waals surface area contributed by atoms with E-state index in [0.29, 0.717) is 35.1 Å². The minimum Gasteiger partial charge on any atom is -0.493 e. The lowest BCUT2D eigenvalue weighted by atomic mass is 10.0. The van der Waals surface area contributed by atoms with Crippen LogP contribution in [0.25, 0.3) is 0 Å². The molecule has 2 aromatic carbocycles. The number of amides is 2. The van der Waals surface area contributed by atoms with Gasteiger partial charge in [0.05, 0.1) is 33.8 Å². The number of ether oxygens (including phenoxy) is 3. The first-order valence-corrected chi connectivity index (χ1v) is 9.42. The smallest absolute Gasteiger partial charge is 0.315 e. The minimum atomic E-state index is -0.600. The van der Waals surface area contributed by atoms with Crippen molar-refractivity contribution >= 4 is 23.6 Å². The summed E-state index contributed by atoms with van der Waals surface area (Å²) in [5.41, 5.74) is 1.63. The largest absolute Gasteiger partial charge is 0.493 e. The molecule has 2 amide bonds. The number of urea groups is 1. The molecule has 0 bridgehead atoms. The second-order valence-electron chi connectivity index (χ2n) is 6.19. The predicted molar refractivity (Wildman–Crippen MR) is 111 cm³/mol. The van der Waals surface area contributed by atoms with Crippen LogP contribution in [0.4, 0.5) is 4.79 Å². The predicted octanol–water partition coefficient (Wildman–Crippen LogP) is 3.50. The Morgan fingerprint density at radius 1 is 1.03 bits per heavy atom. The van der Waals surface area contributed by atoms with Gasteiger partial charge in [-0.3, -0.25) is 4.79 Å². The van der Waals surface area contributed by atoms with Gasteiger partial charge in [0.2, 0.25) is 0 Å². The van der Waals surface area contributed by atoms with Crippen LogP contribution in [0.2, 0.25) is 5.02 Å². The molecule has 2 rings (SSSR count). The van der Waals surface area contributed by atoms with Gasteiger partial charge in [-0.25, -0.2) is 4.79 Å². The van der Waals surface area contributed by atoms with E-state index in [2.05, 4.69) is 10.6 Å². The maximum Gasteiger partial charge on any atom is 0.315 e. The summed E-state index contributed by atoms with van der Waals surface area (Å²) in [4.78, 5) is 24.1. The normalized spacial score (nSPS) is 11.3. The summed E-state index contributed by atoms with van der Waals surface area (Å²) < 4.78 is 15.2. The number of benzene rings is 2. The van der Waals surface area contributed by atoms with Crippen molar-refractivity contribution in [3.05, 3.63) is 58.6 Å². The van der Waals surface area contributed by atoms with E-state index in [1.165, 1.54) is 7.11 Å². The highest BCUT2D eigenvalue weighted by atomic mass is 35.5. The van der Waals surface area contributed by atoms with Crippen molar-refractivity contribution in [1.29, 1.82) is 0 Å². The molecular formula is C21H25ClN2O5. The third-order valence-corrected chi connectivity index (χ3v) is 4.68. The number of carbonyl (C=O) groups excluding carboxylic acids is 2. The summed E-state index contributed by atoms with van der Waals surface area (Å²) >= 11 is 6.22. The van der Waals surface area contributed by atoms with Gasteiger partial charge in [0.15, 0.2) is 11.5 Å². The third-order valence-electron chi connectivity index (χ3n) is 4.33. The molecule has 2 N–H and O–H groups in total. The van der Waals surface area contributed by atoms with Gasteiger partial charge in [-0.15, -0.1) is 0 Å². The zero-order valence-corrected chi connectivity index (χ0v) is 17.4. The van der Waals surface area contributed by atoms with Gasteiger partial charge in [-0.2, -0.15) is 0 Å². The molecule has 0 radical (unpaired) electrons. The number of rotatable bonds is 9. The summed E-state index contributed by atoms with van der Waals surface area (Å²) in [6.07, 6.45) is 0.574. The zero-order chi connectivity index (χ0) is 21.2. The summed E-state index contributed by atoms with van der Waals surface area (Å²) in [6, 6.07) is 11.6. The molecule has 7 nitrogen and oxygen atoms in total. The molecule has 1 atom stereocenters. The van der Waals surface area contributed by atoms with Crippen molar-refractivity contribution in [3.8, 4) is 11.5 Å². The summed E-state index contributed by atoms with van der Waals surface area (Å²) in [6.45, 7) is 0.398. The second kappa shape index (κ2) is 11.2. The molecule has 0 aliphatic carbocycles. The number of hydrogen-bond donors (Lipinski definition) is 2. The quantitative estimate of drug-likeness (QED) is 0.606. The van der Waals surface area contributed by atoms with Crippen LogP contribution in [-0.2, 0) is 16.0 Å². The number of hydrogen-bond acceptors (Lipinski definition) is 5. The molecule has 0 saturated carbocycles. The van der Waals surface area contributed by atoms with Gasteiger partial charge in [0.1, 0.15) is 0 Å². The summed E-state index contributed by atoms with van der Waals surface area (Å²) in [7, 11) is 4.45. The van der Waals surface area contributed by atoms with Gasteiger partial charge in [0.25, 0.3) is 0 Å². The van der Waals surface area contributed by atoms with Gasteiger partial charge < -0.3 is 24.8 Å². The molecule has 0 heterocycles. The first-order valence-electron chi connectivity index (χ1n) is 9.05. The number of esters is 1. The Bertz CT molecular complexity index is 844. The van der Waals surface area contributed by atoms with E-state index in [4.69, 9.17) is 25.8 Å².